The Kier molecular flexibility index (Phi) is 5.86. The molecule has 0 atom stereocenters. The van der Waals surface area contributed by atoms with Crippen molar-refractivity contribution in [3.8, 4) is 5.75 Å². The van der Waals surface area contributed by atoms with Crippen LogP contribution in [-0.2, 0) is 26.0 Å². The molecule has 0 bridgehead atoms. The van der Waals surface area contributed by atoms with Gasteiger partial charge in [0.2, 0.25) is 0 Å². The van der Waals surface area contributed by atoms with Crippen LogP contribution in [0.1, 0.15) is 35.2 Å². The summed E-state index contributed by atoms with van der Waals surface area (Å²) in [7, 11) is -2.62. The number of nitrogens with one attached hydrogen (secondary N) is 1. The Hall–Kier alpha value is -3.07. The van der Waals surface area contributed by atoms with Crippen molar-refractivity contribution in [3.05, 3.63) is 53.6 Å². The standard InChI is InChI=1S/C22H24N2O6S/c1-29-19-11-8-16(22(26)30-14-21(25)23-17-9-10-17)13-20(19)31(27,28)24-12-4-6-15-5-2-3-7-18(15)24/h2-3,5,7-8,11,13,17H,4,6,9-10,12,14H2,1H3,(H,23,25). The van der Waals surface area contributed by atoms with E-state index in [1.807, 2.05) is 12.1 Å². The molecule has 0 unspecified atom stereocenters. The quantitative estimate of drug-likeness (QED) is 0.658. The van der Waals surface area contributed by atoms with Crippen molar-refractivity contribution in [2.75, 3.05) is 24.6 Å². The van der Waals surface area contributed by atoms with E-state index in [2.05, 4.69) is 5.32 Å². The molecule has 1 N–H and O–H groups in total. The number of ether oxygens (including phenoxy) is 2. The molecule has 1 aliphatic carbocycles. The number of anilines is 1. The van der Waals surface area contributed by atoms with Gasteiger partial charge < -0.3 is 14.8 Å². The third-order valence-corrected chi connectivity index (χ3v) is 7.15. The number of carbonyl (C=O) groups excluding carboxylic acids is 2. The second-order valence-electron chi connectivity index (χ2n) is 7.59. The van der Waals surface area contributed by atoms with Gasteiger partial charge in [0, 0.05) is 12.6 Å². The highest BCUT2D eigenvalue weighted by molar-refractivity contribution is 7.93. The SMILES string of the molecule is COc1ccc(C(=O)OCC(=O)NC2CC2)cc1S(=O)(=O)N1CCCc2ccccc21. The first kappa shape index (κ1) is 21.2. The number of hydrogen-bond donors (Lipinski definition) is 1. The molecular formula is C22H24N2O6S. The number of sulfonamides is 1. The fourth-order valence-corrected chi connectivity index (χ4v) is 5.31. The molecule has 1 saturated carbocycles. The summed E-state index contributed by atoms with van der Waals surface area (Å²) in [6.45, 7) is -0.0819. The third kappa shape index (κ3) is 4.51. The largest absolute Gasteiger partial charge is 0.495 e. The number of amides is 1. The van der Waals surface area contributed by atoms with Gasteiger partial charge in [-0.05, 0) is 55.5 Å². The van der Waals surface area contributed by atoms with E-state index < -0.39 is 22.6 Å². The van der Waals surface area contributed by atoms with Crippen LogP contribution in [0.25, 0.3) is 0 Å². The van der Waals surface area contributed by atoms with Crippen molar-refractivity contribution >= 4 is 27.6 Å². The lowest BCUT2D eigenvalue weighted by Crippen LogP contribution is -2.35. The van der Waals surface area contributed by atoms with Gasteiger partial charge in [0.25, 0.3) is 15.9 Å². The Morgan fingerprint density at radius 2 is 1.94 bits per heavy atom. The second-order valence-corrected chi connectivity index (χ2v) is 9.42. The molecular weight excluding hydrogens is 420 g/mol. The molecule has 2 aliphatic rings. The molecule has 0 spiro atoms. The molecule has 164 valence electrons. The number of nitrogens with zero attached hydrogens (tertiary/aromatic N) is 1. The van der Waals surface area contributed by atoms with E-state index in [1.54, 1.807) is 12.1 Å². The van der Waals surface area contributed by atoms with E-state index in [1.165, 1.54) is 29.6 Å². The van der Waals surface area contributed by atoms with Gasteiger partial charge in [-0.2, -0.15) is 0 Å². The van der Waals surface area contributed by atoms with Crippen molar-refractivity contribution in [1.29, 1.82) is 0 Å². The predicted octanol–water partition coefficient (Wildman–Crippen LogP) is 2.27. The summed E-state index contributed by atoms with van der Waals surface area (Å²) in [4.78, 5) is 24.1. The highest BCUT2D eigenvalue weighted by Gasteiger charge is 2.32. The smallest absolute Gasteiger partial charge is 0.338 e. The molecule has 8 nitrogen and oxygen atoms in total. The minimum atomic E-state index is -3.99. The average Bonchev–Trinajstić information content (AvgIpc) is 3.60. The van der Waals surface area contributed by atoms with Crippen LogP contribution in [0.5, 0.6) is 5.75 Å². The Bertz CT molecular complexity index is 1110. The Morgan fingerprint density at radius 1 is 1.16 bits per heavy atom. The number of benzene rings is 2. The summed E-state index contributed by atoms with van der Waals surface area (Å²) < 4.78 is 38.7. The lowest BCUT2D eigenvalue weighted by Gasteiger charge is -2.30. The lowest BCUT2D eigenvalue weighted by atomic mass is 10.0. The molecule has 0 radical (unpaired) electrons. The summed E-state index contributed by atoms with van der Waals surface area (Å²) in [5, 5.41) is 2.73. The first-order valence-electron chi connectivity index (χ1n) is 10.2. The summed E-state index contributed by atoms with van der Waals surface area (Å²) >= 11 is 0. The minimum absolute atomic E-state index is 0.0314. The Morgan fingerprint density at radius 3 is 2.68 bits per heavy atom. The van der Waals surface area contributed by atoms with Crippen molar-refractivity contribution in [2.24, 2.45) is 0 Å². The van der Waals surface area contributed by atoms with E-state index >= 15 is 0 Å². The predicted molar refractivity (Wildman–Crippen MR) is 114 cm³/mol. The van der Waals surface area contributed by atoms with Crippen LogP contribution >= 0.6 is 0 Å². The van der Waals surface area contributed by atoms with Crippen molar-refractivity contribution in [2.45, 2.75) is 36.6 Å². The number of rotatable bonds is 7. The van der Waals surface area contributed by atoms with Gasteiger partial charge in [-0.25, -0.2) is 13.2 Å². The number of hydrogen-bond acceptors (Lipinski definition) is 6. The number of esters is 1. The van der Waals surface area contributed by atoms with Crippen molar-refractivity contribution in [1.82, 2.24) is 5.32 Å². The molecule has 4 rings (SSSR count). The highest BCUT2D eigenvalue weighted by atomic mass is 32.2. The zero-order valence-corrected chi connectivity index (χ0v) is 18.0. The number of carbonyl (C=O) groups is 2. The summed E-state index contributed by atoms with van der Waals surface area (Å²) in [5.41, 5.74) is 1.61. The number of aryl methyl sites for hydroxylation is 1. The van der Waals surface area contributed by atoms with E-state index in [9.17, 15) is 18.0 Å². The highest BCUT2D eigenvalue weighted by Crippen LogP contribution is 2.35. The van der Waals surface area contributed by atoms with Gasteiger partial charge in [0.1, 0.15) is 10.6 Å². The molecule has 2 aromatic rings. The van der Waals surface area contributed by atoms with E-state index in [0.717, 1.165) is 24.8 Å². The fourth-order valence-electron chi connectivity index (χ4n) is 3.58. The van der Waals surface area contributed by atoms with Crippen LogP contribution in [-0.4, -0.2) is 46.6 Å². The number of fused-ring (bicyclic) bond motifs is 1. The summed E-state index contributed by atoms with van der Waals surface area (Å²) in [6.07, 6.45) is 3.35. The maximum absolute atomic E-state index is 13.5. The van der Waals surface area contributed by atoms with E-state index in [0.29, 0.717) is 18.7 Å². The average molecular weight is 445 g/mol. The van der Waals surface area contributed by atoms with Gasteiger partial charge >= 0.3 is 5.97 Å². The minimum Gasteiger partial charge on any atom is -0.495 e. The monoisotopic (exact) mass is 444 g/mol. The van der Waals surface area contributed by atoms with Crippen LogP contribution in [0.4, 0.5) is 5.69 Å². The van der Waals surface area contributed by atoms with E-state index in [-0.39, 0.29) is 28.2 Å². The molecule has 0 aromatic heterocycles. The van der Waals surface area contributed by atoms with Gasteiger partial charge in [-0.15, -0.1) is 0 Å². The summed E-state index contributed by atoms with van der Waals surface area (Å²) in [6, 6.07) is 11.6. The fraction of sp³-hybridized carbons (Fsp3) is 0.364. The van der Waals surface area contributed by atoms with Crippen LogP contribution in [0.2, 0.25) is 0 Å². The topological polar surface area (TPSA) is 102 Å². The summed E-state index contributed by atoms with van der Waals surface area (Å²) in [5.74, 6) is -1.02. The van der Waals surface area contributed by atoms with Crippen LogP contribution in [0, 0.1) is 0 Å². The van der Waals surface area contributed by atoms with Crippen LogP contribution < -0.4 is 14.4 Å². The maximum Gasteiger partial charge on any atom is 0.338 e. The van der Waals surface area contributed by atoms with Gasteiger partial charge in [-0.1, -0.05) is 18.2 Å². The van der Waals surface area contributed by atoms with Crippen molar-refractivity contribution < 1.29 is 27.5 Å². The zero-order valence-electron chi connectivity index (χ0n) is 17.2. The van der Waals surface area contributed by atoms with Crippen molar-refractivity contribution in [3.63, 3.8) is 0 Å². The molecule has 2 aromatic carbocycles. The van der Waals surface area contributed by atoms with E-state index in [4.69, 9.17) is 9.47 Å². The zero-order chi connectivity index (χ0) is 22.0. The molecule has 1 amide bonds. The van der Waals surface area contributed by atoms with Gasteiger partial charge in [0.05, 0.1) is 18.4 Å². The Balaban J connectivity index is 1.60. The molecule has 1 heterocycles. The first-order chi connectivity index (χ1) is 14.9. The molecule has 31 heavy (non-hydrogen) atoms. The van der Waals surface area contributed by atoms with Crippen LogP contribution in [0.15, 0.2) is 47.4 Å². The van der Waals surface area contributed by atoms with Crippen LogP contribution in [0.3, 0.4) is 0 Å². The molecule has 1 fully saturated rings. The third-order valence-electron chi connectivity index (χ3n) is 5.31. The van der Waals surface area contributed by atoms with Gasteiger partial charge in [0.15, 0.2) is 6.61 Å². The normalized spacial score (nSPS) is 15.7. The first-order valence-corrected chi connectivity index (χ1v) is 11.6. The Labute approximate surface area is 181 Å². The molecule has 0 saturated heterocycles. The molecule has 9 heteroatoms. The lowest BCUT2D eigenvalue weighted by molar-refractivity contribution is -0.124. The number of para-hydroxylation sites is 1. The second kappa shape index (κ2) is 8.58. The number of methoxy groups -OCH3 is 1. The van der Waals surface area contributed by atoms with Gasteiger partial charge in [-0.3, -0.25) is 9.10 Å². The maximum atomic E-state index is 13.5. The molecule has 1 aliphatic heterocycles.